The number of hydrogen-bond donors (Lipinski definition) is 0. The Morgan fingerprint density at radius 3 is 2.60 bits per heavy atom. The van der Waals surface area contributed by atoms with Gasteiger partial charge in [0.2, 0.25) is 0 Å². The van der Waals surface area contributed by atoms with Gasteiger partial charge in [0, 0.05) is 6.54 Å². The van der Waals surface area contributed by atoms with E-state index in [-0.39, 0.29) is 0 Å². The summed E-state index contributed by atoms with van der Waals surface area (Å²) in [5.74, 6) is 1.60. The maximum Gasteiger partial charge on any atom is 0.182 e. The molecule has 2 heterocycles. The first kappa shape index (κ1) is 10.4. The summed E-state index contributed by atoms with van der Waals surface area (Å²) in [4.78, 5) is 12.8. The van der Waals surface area contributed by atoms with Crippen molar-refractivity contribution in [1.29, 1.82) is 0 Å². The van der Waals surface area contributed by atoms with Crippen LogP contribution < -0.4 is 0 Å². The summed E-state index contributed by atoms with van der Waals surface area (Å²) in [5.41, 5.74) is 1.54. The van der Waals surface area contributed by atoms with Gasteiger partial charge in [-0.3, -0.25) is 0 Å². The van der Waals surface area contributed by atoms with Crippen molar-refractivity contribution >= 4 is 22.8 Å². The van der Waals surface area contributed by atoms with Crippen molar-refractivity contribution < 1.29 is 0 Å². The summed E-state index contributed by atoms with van der Waals surface area (Å²) in [6.07, 6.45) is 1.04. The van der Waals surface area contributed by atoms with Crippen LogP contribution >= 0.6 is 11.6 Å². The molecule has 0 aliphatic carbocycles. The molecule has 0 saturated carbocycles. The zero-order chi connectivity index (χ0) is 11.0. The molecule has 0 N–H and O–H groups in total. The van der Waals surface area contributed by atoms with Crippen LogP contribution in [-0.4, -0.2) is 19.5 Å². The number of fused-ring (bicyclic) bond motifs is 1. The van der Waals surface area contributed by atoms with E-state index in [9.17, 15) is 0 Å². The largest absolute Gasteiger partial charge is 0.324 e. The highest BCUT2D eigenvalue weighted by atomic mass is 35.5. The van der Waals surface area contributed by atoms with E-state index in [0.717, 1.165) is 24.3 Å². The van der Waals surface area contributed by atoms with Gasteiger partial charge in [-0.1, -0.05) is 18.5 Å². The first-order chi connectivity index (χ1) is 7.13. The van der Waals surface area contributed by atoms with E-state index in [1.165, 1.54) is 0 Å². The molecule has 2 rings (SSSR count). The molecule has 0 fully saturated rings. The molecule has 0 amide bonds. The number of aromatic nitrogens is 4. The van der Waals surface area contributed by atoms with Crippen molar-refractivity contribution in [3.63, 3.8) is 0 Å². The fourth-order valence-corrected chi connectivity index (χ4v) is 2.01. The van der Waals surface area contributed by atoms with Crippen LogP contribution in [0.5, 0.6) is 0 Å². The average Bonchev–Trinajstić information content (AvgIpc) is 2.43. The summed E-state index contributed by atoms with van der Waals surface area (Å²) in [7, 11) is 0. The summed E-state index contributed by atoms with van der Waals surface area (Å²) < 4.78 is 2.07. The smallest absolute Gasteiger partial charge is 0.182 e. The Balaban J connectivity index is 2.75. The zero-order valence-corrected chi connectivity index (χ0v) is 9.84. The second kappa shape index (κ2) is 3.77. The third kappa shape index (κ3) is 1.69. The van der Waals surface area contributed by atoms with Gasteiger partial charge in [0.15, 0.2) is 10.8 Å². The van der Waals surface area contributed by atoms with Crippen LogP contribution in [0.25, 0.3) is 11.2 Å². The van der Waals surface area contributed by atoms with Gasteiger partial charge >= 0.3 is 0 Å². The SMILES string of the molecule is CCCn1c(C)nc2nc(C)nc(Cl)c21. The Morgan fingerprint density at radius 1 is 1.20 bits per heavy atom. The molecule has 0 bridgehead atoms. The molecule has 0 unspecified atom stereocenters. The van der Waals surface area contributed by atoms with Gasteiger partial charge in [-0.05, 0) is 20.3 Å². The number of halogens is 1. The van der Waals surface area contributed by atoms with Crippen LogP contribution in [-0.2, 0) is 6.54 Å². The van der Waals surface area contributed by atoms with E-state index in [2.05, 4.69) is 26.4 Å². The highest BCUT2D eigenvalue weighted by molar-refractivity contribution is 6.33. The lowest BCUT2D eigenvalue weighted by molar-refractivity contribution is 0.675. The Kier molecular flexibility index (Phi) is 2.61. The van der Waals surface area contributed by atoms with Gasteiger partial charge in [-0.2, -0.15) is 0 Å². The minimum atomic E-state index is 0.492. The van der Waals surface area contributed by atoms with E-state index in [1.807, 2.05) is 13.8 Å². The predicted molar refractivity (Wildman–Crippen MR) is 60.1 cm³/mol. The molecule has 5 heteroatoms. The zero-order valence-electron chi connectivity index (χ0n) is 9.08. The molecule has 4 nitrogen and oxygen atoms in total. The van der Waals surface area contributed by atoms with Crippen LogP contribution in [0, 0.1) is 13.8 Å². The Labute approximate surface area is 93.3 Å². The normalized spacial score (nSPS) is 11.2. The predicted octanol–water partition coefficient (Wildman–Crippen LogP) is 2.51. The molecular formula is C10H13ClN4. The number of imidazole rings is 1. The molecular weight excluding hydrogens is 212 g/mol. The van der Waals surface area contributed by atoms with Gasteiger partial charge in [-0.15, -0.1) is 0 Å². The Morgan fingerprint density at radius 2 is 1.93 bits per heavy atom. The van der Waals surface area contributed by atoms with Crippen LogP contribution in [0.2, 0.25) is 5.15 Å². The average molecular weight is 225 g/mol. The second-order valence-electron chi connectivity index (χ2n) is 3.54. The summed E-state index contributed by atoms with van der Waals surface area (Å²) >= 11 is 6.10. The van der Waals surface area contributed by atoms with Crippen molar-refractivity contribution in [3.8, 4) is 0 Å². The molecule has 0 radical (unpaired) electrons. The van der Waals surface area contributed by atoms with Crippen molar-refractivity contribution in [1.82, 2.24) is 19.5 Å². The lowest BCUT2D eigenvalue weighted by Gasteiger charge is -2.04. The van der Waals surface area contributed by atoms with Gasteiger partial charge in [0.25, 0.3) is 0 Å². The third-order valence-corrected chi connectivity index (χ3v) is 2.57. The van der Waals surface area contributed by atoms with E-state index in [4.69, 9.17) is 11.6 Å². The van der Waals surface area contributed by atoms with Gasteiger partial charge in [-0.25, -0.2) is 15.0 Å². The number of nitrogens with zero attached hydrogens (tertiary/aromatic N) is 4. The van der Waals surface area contributed by atoms with E-state index in [0.29, 0.717) is 16.6 Å². The maximum atomic E-state index is 6.10. The maximum absolute atomic E-state index is 6.10. The first-order valence-electron chi connectivity index (χ1n) is 5.00. The van der Waals surface area contributed by atoms with Crippen LogP contribution in [0.1, 0.15) is 25.0 Å². The quantitative estimate of drug-likeness (QED) is 0.737. The number of rotatable bonds is 2. The minimum Gasteiger partial charge on any atom is -0.324 e. The molecule has 0 aliphatic heterocycles. The van der Waals surface area contributed by atoms with Crippen molar-refractivity contribution in [2.24, 2.45) is 0 Å². The fraction of sp³-hybridized carbons (Fsp3) is 0.500. The third-order valence-electron chi connectivity index (χ3n) is 2.31. The monoisotopic (exact) mass is 224 g/mol. The highest BCUT2D eigenvalue weighted by Crippen LogP contribution is 2.21. The highest BCUT2D eigenvalue weighted by Gasteiger charge is 2.12. The lowest BCUT2D eigenvalue weighted by atomic mass is 10.4. The summed E-state index contributed by atoms with van der Waals surface area (Å²) in [5, 5.41) is 0.492. The lowest BCUT2D eigenvalue weighted by Crippen LogP contribution is -2.00. The van der Waals surface area contributed by atoms with E-state index < -0.39 is 0 Å². The van der Waals surface area contributed by atoms with E-state index >= 15 is 0 Å². The van der Waals surface area contributed by atoms with Gasteiger partial charge in [0.1, 0.15) is 17.2 Å². The molecule has 80 valence electrons. The topological polar surface area (TPSA) is 43.6 Å². The number of aryl methyl sites for hydroxylation is 3. The fourth-order valence-electron chi connectivity index (χ4n) is 1.70. The Bertz CT molecular complexity index is 504. The van der Waals surface area contributed by atoms with E-state index in [1.54, 1.807) is 0 Å². The summed E-state index contributed by atoms with van der Waals surface area (Å²) in [6.45, 7) is 6.80. The van der Waals surface area contributed by atoms with Crippen molar-refractivity contribution in [2.75, 3.05) is 0 Å². The molecule has 0 saturated heterocycles. The minimum absolute atomic E-state index is 0.492. The number of hydrogen-bond acceptors (Lipinski definition) is 3. The van der Waals surface area contributed by atoms with Crippen LogP contribution in [0.4, 0.5) is 0 Å². The van der Waals surface area contributed by atoms with Crippen molar-refractivity contribution in [3.05, 3.63) is 16.8 Å². The molecule has 0 aliphatic rings. The molecule has 15 heavy (non-hydrogen) atoms. The molecule has 0 spiro atoms. The molecule has 0 aromatic carbocycles. The van der Waals surface area contributed by atoms with Gasteiger partial charge in [0.05, 0.1) is 0 Å². The molecule has 2 aromatic rings. The second-order valence-corrected chi connectivity index (χ2v) is 3.90. The van der Waals surface area contributed by atoms with Crippen LogP contribution in [0.15, 0.2) is 0 Å². The Hall–Kier alpha value is -1.16. The summed E-state index contributed by atoms with van der Waals surface area (Å²) in [6, 6.07) is 0. The van der Waals surface area contributed by atoms with Gasteiger partial charge < -0.3 is 4.57 Å². The first-order valence-corrected chi connectivity index (χ1v) is 5.38. The standard InChI is InChI=1S/C10H13ClN4/c1-4-5-15-7(3)14-10-8(15)9(11)12-6(2)13-10/h4-5H2,1-3H3. The van der Waals surface area contributed by atoms with Crippen molar-refractivity contribution in [2.45, 2.75) is 33.7 Å². The molecule has 2 aromatic heterocycles. The van der Waals surface area contributed by atoms with Crippen LogP contribution in [0.3, 0.4) is 0 Å². The molecule has 0 atom stereocenters.